The van der Waals surface area contributed by atoms with E-state index >= 15 is 0 Å². The second-order valence-corrected chi connectivity index (χ2v) is 7.82. The molecule has 140 valence electrons. The van der Waals surface area contributed by atoms with Crippen LogP contribution in [0.25, 0.3) is 49.9 Å². The average molecular weight is 384 g/mol. The van der Waals surface area contributed by atoms with Crippen molar-refractivity contribution in [2.24, 2.45) is 0 Å². The van der Waals surface area contributed by atoms with Crippen LogP contribution in [0.3, 0.4) is 0 Å². The van der Waals surface area contributed by atoms with Gasteiger partial charge in [-0.1, -0.05) is 48.6 Å². The zero-order chi connectivity index (χ0) is 19.7. The lowest BCUT2D eigenvalue weighted by Crippen LogP contribution is -1.99. The summed E-state index contributed by atoms with van der Waals surface area (Å²) in [5.41, 5.74) is 11.4. The molecular formula is C26H16N4. The van der Waals surface area contributed by atoms with Gasteiger partial charge in [-0.05, 0) is 41.7 Å². The molecule has 5 aromatic rings. The topological polar surface area (TPSA) is 54.5 Å². The number of H-pyrrole nitrogens is 1. The van der Waals surface area contributed by atoms with Crippen LogP contribution in [0.4, 0.5) is 0 Å². The Morgan fingerprint density at radius 1 is 0.867 bits per heavy atom. The van der Waals surface area contributed by atoms with Crippen molar-refractivity contribution in [1.82, 2.24) is 19.9 Å². The smallest absolute Gasteiger partial charge is 0.140 e. The van der Waals surface area contributed by atoms with E-state index in [9.17, 15) is 0 Å². The summed E-state index contributed by atoms with van der Waals surface area (Å²) < 4.78 is 0. The zero-order valence-corrected chi connectivity index (χ0v) is 16.1. The Bertz CT molecular complexity index is 1650. The maximum atomic E-state index is 5.15. The van der Waals surface area contributed by atoms with Gasteiger partial charge < -0.3 is 4.98 Å². The maximum absolute atomic E-state index is 5.15. The predicted molar refractivity (Wildman–Crippen MR) is 121 cm³/mol. The number of aromatic amines is 1. The first-order chi connectivity index (χ1) is 14.9. The lowest BCUT2D eigenvalue weighted by molar-refractivity contribution is 0.971. The Labute approximate surface area is 172 Å². The maximum Gasteiger partial charge on any atom is 0.140 e. The van der Waals surface area contributed by atoms with E-state index in [4.69, 9.17) is 15.0 Å². The number of allylic oxidation sites excluding steroid dienone is 5. The molecule has 2 aromatic heterocycles. The van der Waals surface area contributed by atoms with Gasteiger partial charge in [0.05, 0.1) is 28.0 Å². The van der Waals surface area contributed by atoms with Crippen molar-refractivity contribution in [1.29, 1.82) is 0 Å². The Hall–Kier alpha value is -4.01. The average Bonchev–Trinajstić information content (AvgIpc) is 3.48. The second kappa shape index (κ2) is 5.76. The third-order valence-corrected chi connectivity index (χ3v) is 6.11. The highest BCUT2D eigenvalue weighted by Crippen LogP contribution is 2.35. The molecule has 0 spiro atoms. The Morgan fingerprint density at radius 3 is 2.63 bits per heavy atom. The minimum atomic E-state index is 0.140. The molecule has 0 amide bonds. The number of aromatic nitrogens is 4. The van der Waals surface area contributed by atoms with E-state index in [1.165, 1.54) is 16.5 Å². The third-order valence-electron chi connectivity index (χ3n) is 6.11. The van der Waals surface area contributed by atoms with Gasteiger partial charge in [-0.15, -0.1) is 5.73 Å². The molecule has 2 heterocycles. The number of benzene rings is 3. The standard InChI is InChI=1S/C26H16N4/c1-2-8-15(7-1)26-28-21-14-13-20-24(25(21)30-26)29-23-19-12-6-4-10-17(19)16-9-3-5-11-18(16)22(23)27-20/h1-4,6-8,10-15,27H,9H2. The van der Waals surface area contributed by atoms with Crippen LogP contribution in [0.2, 0.25) is 0 Å². The molecule has 4 heteroatoms. The molecular weight excluding hydrogens is 368 g/mol. The molecule has 0 fully saturated rings. The highest BCUT2D eigenvalue weighted by Gasteiger charge is 2.19. The Morgan fingerprint density at radius 2 is 1.73 bits per heavy atom. The fourth-order valence-electron chi connectivity index (χ4n) is 4.68. The van der Waals surface area contributed by atoms with Crippen molar-refractivity contribution in [3.63, 3.8) is 0 Å². The molecule has 0 unspecified atom stereocenters. The number of nitrogens with zero attached hydrogens (tertiary/aromatic N) is 3. The third kappa shape index (κ3) is 2.08. The number of nitrogens with one attached hydrogen (secondary N) is 1. The van der Waals surface area contributed by atoms with Crippen LogP contribution < -0.4 is 0 Å². The normalized spacial score (nSPS) is 15.3. The van der Waals surface area contributed by atoms with Crippen LogP contribution in [-0.4, -0.2) is 19.9 Å². The van der Waals surface area contributed by atoms with Gasteiger partial charge in [0.25, 0.3) is 0 Å². The van der Waals surface area contributed by atoms with E-state index in [-0.39, 0.29) is 5.92 Å². The van der Waals surface area contributed by atoms with Gasteiger partial charge in [-0.25, -0.2) is 15.0 Å². The highest BCUT2D eigenvalue weighted by molar-refractivity contribution is 6.13. The minimum absolute atomic E-state index is 0.140. The molecule has 0 saturated heterocycles. The number of imidazole rings is 1. The Kier molecular flexibility index (Phi) is 3.04. The summed E-state index contributed by atoms with van der Waals surface area (Å²) in [4.78, 5) is 18.5. The minimum Gasteiger partial charge on any atom is -0.351 e. The van der Waals surface area contributed by atoms with Crippen molar-refractivity contribution >= 4 is 49.9 Å². The van der Waals surface area contributed by atoms with Gasteiger partial charge in [0, 0.05) is 10.9 Å². The van der Waals surface area contributed by atoms with Crippen molar-refractivity contribution in [2.75, 3.05) is 0 Å². The molecule has 4 nitrogen and oxygen atoms in total. The van der Waals surface area contributed by atoms with Crippen molar-refractivity contribution < 1.29 is 0 Å². The first kappa shape index (κ1) is 15.9. The summed E-state index contributed by atoms with van der Waals surface area (Å²) in [5, 5.41) is 2.41. The number of rotatable bonds is 1. The monoisotopic (exact) mass is 384 g/mol. The summed E-state index contributed by atoms with van der Waals surface area (Å²) in [5.74, 6) is 0.967. The van der Waals surface area contributed by atoms with Gasteiger partial charge in [0.1, 0.15) is 16.9 Å². The summed E-state index contributed by atoms with van der Waals surface area (Å²) in [7, 11) is 0. The van der Waals surface area contributed by atoms with Crippen molar-refractivity contribution in [3.8, 4) is 0 Å². The molecule has 0 saturated carbocycles. The fraction of sp³-hybridized carbons (Fsp3) is 0.0769. The zero-order valence-electron chi connectivity index (χ0n) is 16.1. The van der Waals surface area contributed by atoms with Crippen molar-refractivity contribution in [2.45, 2.75) is 12.3 Å². The quantitative estimate of drug-likeness (QED) is 0.228. The van der Waals surface area contributed by atoms with Gasteiger partial charge in [-0.3, -0.25) is 0 Å². The summed E-state index contributed by atoms with van der Waals surface area (Å²) >= 11 is 0. The van der Waals surface area contributed by atoms with E-state index in [0.29, 0.717) is 0 Å². The SMILES string of the molecule is C1=CCc2c(c3[nH]c4ccc5nc(C6C=CC=C6)nc5c4nc3c3ccccc23)C=1. The van der Waals surface area contributed by atoms with E-state index in [1.54, 1.807) is 0 Å². The van der Waals surface area contributed by atoms with Crippen LogP contribution in [0.1, 0.15) is 22.9 Å². The molecule has 2 aliphatic rings. The van der Waals surface area contributed by atoms with E-state index in [0.717, 1.165) is 50.7 Å². The molecule has 0 bridgehead atoms. The number of hydrogen-bond donors (Lipinski definition) is 1. The predicted octanol–water partition coefficient (Wildman–Crippen LogP) is 5.75. The molecule has 3 aromatic carbocycles. The second-order valence-electron chi connectivity index (χ2n) is 7.82. The van der Waals surface area contributed by atoms with Crippen LogP contribution in [0, 0.1) is 0 Å². The number of hydrogen-bond acceptors (Lipinski definition) is 3. The lowest BCUT2D eigenvalue weighted by atomic mass is 9.92. The summed E-state index contributed by atoms with van der Waals surface area (Å²) in [6, 6.07) is 12.6. The fourth-order valence-corrected chi connectivity index (χ4v) is 4.68. The van der Waals surface area contributed by atoms with Gasteiger partial charge in [0.15, 0.2) is 0 Å². The van der Waals surface area contributed by atoms with Crippen molar-refractivity contribution in [3.05, 3.63) is 89.5 Å². The molecule has 0 atom stereocenters. The Balaban J connectivity index is 1.62. The molecule has 1 N–H and O–H groups in total. The van der Waals surface area contributed by atoms with Crippen LogP contribution in [-0.2, 0) is 6.42 Å². The van der Waals surface area contributed by atoms with E-state index < -0.39 is 0 Å². The highest BCUT2D eigenvalue weighted by atomic mass is 14.9. The summed E-state index contributed by atoms with van der Waals surface area (Å²) in [6.07, 6.45) is 13.4. The van der Waals surface area contributed by atoms with E-state index in [1.807, 2.05) is 18.2 Å². The van der Waals surface area contributed by atoms with Crippen LogP contribution >= 0.6 is 0 Å². The summed E-state index contributed by atoms with van der Waals surface area (Å²) in [6.45, 7) is 0. The molecule has 30 heavy (non-hydrogen) atoms. The van der Waals surface area contributed by atoms with Crippen LogP contribution in [0.5, 0.6) is 0 Å². The van der Waals surface area contributed by atoms with Gasteiger partial charge >= 0.3 is 0 Å². The molecule has 2 aliphatic carbocycles. The van der Waals surface area contributed by atoms with E-state index in [2.05, 4.69) is 65.4 Å². The van der Waals surface area contributed by atoms with Gasteiger partial charge in [0.2, 0.25) is 0 Å². The molecule has 0 radical (unpaired) electrons. The first-order valence-corrected chi connectivity index (χ1v) is 10.2. The van der Waals surface area contributed by atoms with Gasteiger partial charge in [-0.2, -0.15) is 0 Å². The number of fused-ring (bicyclic) bond motifs is 9. The first-order valence-electron chi connectivity index (χ1n) is 10.2. The lowest BCUT2D eigenvalue weighted by Gasteiger charge is -2.15. The molecule has 7 rings (SSSR count). The molecule has 0 aliphatic heterocycles. The van der Waals surface area contributed by atoms with Crippen LogP contribution in [0.15, 0.2) is 72.5 Å². The largest absolute Gasteiger partial charge is 0.351 e.